The number of hydrogen-bond donors (Lipinski definition) is 0. The van der Waals surface area contributed by atoms with Gasteiger partial charge in [-0.3, -0.25) is 9.59 Å². The molecule has 4 nitrogen and oxygen atoms in total. The van der Waals surface area contributed by atoms with Crippen LogP contribution in [-0.2, 0) is 16.0 Å². The van der Waals surface area contributed by atoms with E-state index in [0.717, 1.165) is 5.56 Å². The van der Waals surface area contributed by atoms with Crippen molar-refractivity contribution < 1.29 is 13.9 Å². The van der Waals surface area contributed by atoms with Crippen molar-refractivity contribution in [2.75, 3.05) is 6.61 Å². The molecule has 0 bridgehead atoms. The lowest BCUT2D eigenvalue weighted by atomic mass is 10.1. The third kappa shape index (κ3) is 2.77. The van der Waals surface area contributed by atoms with Crippen LogP contribution in [0.5, 0.6) is 0 Å². The molecule has 0 saturated carbocycles. The first-order valence-electron chi connectivity index (χ1n) is 5.87. The highest BCUT2D eigenvalue weighted by molar-refractivity contribution is 5.77. The monoisotopic (exact) mass is 246 g/mol. The number of carbonyl (C=O) groups excluding carboxylic acids is 1. The van der Waals surface area contributed by atoms with Gasteiger partial charge >= 0.3 is 5.97 Å². The zero-order valence-electron chi connectivity index (χ0n) is 10.1. The zero-order valence-corrected chi connectivity index (χ0v) is 10.1. The zero-order chi connectivity index (χ0) is 13.0. The molecule has 0 aliphatic rings. The summed E-state index contributed by atoms with van der Waals surface area (Å²) in [7, 11) is 0. The summed E-state index contributed by atoms with van der Waals surface area (Å²) in [5, 5.41) is 0.541. The van der Waals surface area contributed by atoms with Gasteiger partial charge in [-0.25, -0.2) is 0 Å². The highest BCUT2D eigenvalue weighted by Gasteiger charge is 2.05. The Morgan fingerprint density at radius 2 is 2.17 bits per heavy atom. The fourth-order valence-corrected chi connectivity index (χ4v) is 1.77. The minimum Gasteiger partial charge on any atom is -0.466 e. The molecule has 0 radical (unpaired) electrons. The Morgan fingerprint density at radius 3 is 2.94 bits per heavy atom. The van der Waals surface area contributed by atoms with Gasteiger partial charge in [0.1, 0.15) is 5.58 Å². The fourth-order valence-electron chi connectivity index (χ4n) is 1.77. The van der Waals surface area contributed by atoms with Gasteiger partial charge < -0.3 is 9.15 Å². The lowest BCUT2D eigenvalue weighted by Gasteiger charge is -2.03. The molecule has 0 saturated heterocycles. The van der Waals surface area contributed by atoms with E-state index in [1.54, 1.807) is 19.1 Å². The number of carbonyl (C=O) groups is 1. The summed E-state index contributed by atoms with van der Waals surface area (Å²) in [6.07, 6.45) is 2.25. The number of fused-ring (bicyclic) bond motifs is 1. The Labute approximate surface area is 104 Å². The Kier molecular flexibility index (Phi) is 3.77. The summed E-state index contributed by atoms with van der Waals surface area (Å²) >= 11 is 0. The number of hydrogen-bond acceptors (Lipinski definition) is 4. The molecule has 2 aromatic rings. The maximum absolute atomic E-state index is 11.6. The molecule has 0 fully saturated rings. The molecule has 0 aliphatic heterocycles. The van der Waals surface area contributed by atoms with Crippen molar-refractivity contribution in [3.8, 4) is 0 Å². The topological polar surface area (TPSA) is 56.5 Å². The number of benzene rings is 1. The van der Waals surface area contributed by atoms with Gasteiger partial charge in [0, 0.05) is 12.5 Å². The maximum Gasteiger partial charge on any atom is 0.306 e. The molecule has 18 heavy (non-hydrogen) atoms. The van der Waals surface area contributed by atoms with E-state index in [1.165, 1.54) is 12.3 Å². The summed E-state index contributed by atoms with van der Waals surface area (Å²) in [6.45, 7) is 2.17. The SMILES string of the molecule is CCOC(=O)CCc1ccc2occc(=O)c2c1. The van der Waals surface area contributed by atoms with Crippen LogP contribution in [0, 0.1) is 0 Å². The molecule has 4 heteroatoms. The van der Waals surface area contributed by atoms with Gasteiger partial charge in [-0.15, -0.1) is 0 Å². The molecule has 0 spiro atoms. The van der Waals surface area contributed by atoms with Gasteiger partial charge in [0.15, 0.2) is 5.43 Å². The third-order valence-electron chi connectivity index (χ3n) is 2.65. The molecule has 0 atom stereocenters. The lowest BCUT2D eigenvalue weighted by molar-refractivity contribution is -0.143. The average Bonchev–Trinajstić information content (AvgIpc) is 2.37. The standard InChI is InChI=1S/C14H14O4/c1-2-17-14(16)6-4-10-3-5-13-11(9-10)12(15)7-8-18-13/h3,5,7-9H,2,4,6H2,1H3. The second-order valence-corrected chi connectivity index (χ2v) is 3.92. The van der Waals surface area contributed by atoms with Gasteiger partial charge in [-0.2, -0.15) is 0 Å². The van der Waals surface area contributed by atoms with Crippen molar-refractivity contribution in [2.24, 2.45) is 0 Å². The molecule has 0 aliphatic carbocycles. The Bertz CT molecular complexity index is 612. The largest absolute Gasteiger partial charge is 0.466 e. The highest BCUT2D eigenvalue weighted by atomic mass is 16.5. The number of rotatable bonds is 4. The van der Waals surface area contributed by atoms with Crippen molar-refractivity contribution in [2.45, 2.75) is 19.8 Å². The van der Waals surface area contributed by atoms with E-state index in [0.29, 0.717) is 30.4 Å². The van der Waals surface area contributed by atoms with E-state index < -0.39 is 0 Å². The second-order valence-electron chi connectivity index (χ2n) is 3.92. The summed E-state index contributed by atoms with van der Waals surface area (Å²) < 4.78 is 10.1. The fraction of sp³-hybridized carbons (Fsp3) is 0.286. The maximum atomic E-state index is 11.6. The molecule has 94 valence electrons. The third-order valence-corrected chi connectivity index (χ3v) is 2.65. The second kappa shape index (κ2) is 5.49. The smallest absolute Gasteiger partial charge is 0.306 e. The van der Waals surface area contributed by atoms with E-state index in [4.69, 9.17) is 9.15 Å². The van der Waals surface area contributed by atoms with Crippen LogP contribution in [0.25, 0.3) is 11.0 Å². The summed E-state index contributed by atoms with van der Waals surface area (Å²) in [5.74, 6) is -0.224. The van der Waals surface area contributed by atoms with E-state index in [2.05, 4.69) is 0 Å². The lowest BCUT2D eigenvalue weighted by Crippen LogP contribution is -2.05. The van der Waals surface area contributed by atoms with Gasteiger partial charge in [-0.1, -0.05) is 6.07 Å². The van der Waals surface area contributed by atoms with Crippen LogP contribution in [0.1, 0.15) is 18.9 Å². The molecule has 1 aromatic carbocycles. The number of esters is 1. The number of aryl methyl sites for hydroxylation is 1. The van der Waals surface area contributed by atoms with Crippen molar-refractivity contribution >= 4 is 16.9 Å². The van der Waals surface area contributed by atoms with Crippen LogP contribution in [0.2, 0.25) is 0 Å². The van der Waals surface area contributed by atoms with Crippen molar-refractivity contribution in [3.63, 3.8) is 0 Å². The molecule has 1 aromatic heterocycles. The van der Waals surface area contributed by atoms with E-state index >= 15 is 0 Å². The molecular formula is C14H14O4. The summed E-state index contributed by atoms with van der Waals surface area (Å²) in [6, 6.07) is 6.75. The van der Waals surface area contributed by atoms with Gasteiger partial charge in [0.25, 0.3) is 0 Å². The molecule has 0 unspecified atom stereocenters. The highest BCUT2D eigenvalue weighted by Crippen LogP contribution is 2.13. The molecule has 0 N–H and O–H groups in total. The van der Waals surface area contributed by atoms with Crippen LogP contribution < -0.4 is 5.43 Å². The van der Waals surface area contributed by atoms with E-state index in [9.17, 15) is 9.59 Å². The minimum absolute atomic E-state index is 0.0748. The van der Waals surface area contributed by atoms with Crippen LogP contribution in [0.15, 0.2) is 39.7 Å². The minimum atomic E-state index is -0.224. The molecule has 2 rings (SSSR count). The Balaban J connectivity index is 2.17. The van der Waals surface area contributed by atoms with Crippen molar-refractivity contribution in [1.29, 1.82) is 0 Å². The normalized spacial score (nSPS) is 10.5. The summed E-state index contributed by atoms with van der Waals surface area (Å²) in [5.41, 5.74) is 1.41. The quantitative estimate of drug-likeness (QED) is 0.777. The predicted octanol–water partition coefficient (Wildman–Crippen LogP) is 2.29. The molecule has 0 amide bonds. The first kappa shape index (κ1) is 12.4. The molecule has 1 heterocycles. The van der Waals surface area contributed by atoms with Crippen LogP contribution in [0.3, 0.4) is 0 Å². The van der Waals surface area contributed by atoms with Gasteiger partial charge in [0.05, 0.1) is 18.3 Å². The first-order valence-corrected chi connectivity index (χ1v) is 5.87. The van der Waals surface area contributed by atoms with Crippen LogP contribution >= 0.6 is 0 Å². The average molecular weight is 246 g/mol. The van der Waals surface area contributed by atoms with Crippen LogP contribution in [0.4, 0.5) is 0 Å². The van der Waals surface area contributed by atoms with Gasteiger partial charge in [0.2, 0.25) is 0 Å². The first-order chi connectivity index (χ1) is 8.70. The summed E-state index contributed by atoms with van der Waals surface area (Å²) in [4.78, 5) is 22.9. The predicted molar refractivity (Wildman–Crippen MR) is 67.4 cm³/mol. The van der Waals surface area contributed by atoms with Crippen molar-refractivity contribution in [1.82, 2.24) is 0 Å². The van der Waals surface area contributed by atoms with Gasteiger partial charge in [-0.05, 0) is 31.0 Å². The number of ether oxygens (including phenoxy) is 1. The Hall–Kier alpha value is -2.10. The Morgan fingerprint density at radius 1 is 1.33 bits per heavy atom. The molecular weight excluding hydrogens is 232 g/mol. The van der Waals surface area contributed by atoms with E-state index in [1.807, 2.05) is 6.07 Å². The van der Waals surface area contributed by atoms with Crippen LogP contribution in [-0.4, -0.2) is 12.6 Å². The van der Waals surface area contributed by atoms with E-state index in [-0.39, 0.29) is 11.4 Å². The van der Waals surface area contributed by atoms with Crippen molar-refractivity contribution in [3.05, 3.63) is 46.3 Å².